The van der Waals surface area contributed by atoms with Gasteiger partial charge in [-0.2, -0.15) is 0 Å². The molecule has 1 saturated carbocycles. The van der Waals surface area contributed by atoms with Crippen molar-refractivity contribution in [2.75, 3.05) is 27.3 Å². The van der Waals surface area contributed by atoms with Gasteiger partial charge < -0.3 is 19.5 Å². The minimum Gasteiger partial charge on any atom is -0.497 e. The molecule has 0 spiro atoms. The smallest absolute Gasteiger partial charge is 0.308 e. The number of benzene rings is 2. The largest absolute Gasteiger partial charge is 0.497 e. The average Bonchev–Trinajstić information content (AvgIpc) is 3.42. The number of nitrogens with zero attached hydrogens (tertiary/aromatic N) is 1. The summed E-state index contributed by atoms with van der Waals surface area (Å²) in [5, 5.41) is 9.69. The first-order valence-electron chi connectivity index (χ1n) is 9.82. The van der Waals surface area contributed by atoms with E-state index in [-0.39, 0.29) is 30.2 Å². The number of likely N-dealkylation sites (tertiary alicyclic amines) is 1. The normalized spacial score (nSPS) is 25.5. The number of hydrogen-bond acceptors (Lipinski definition) is 4. The van der Waals surface area contributed by atoms with E-state index in [4.69, 9.17) is 9.47 Å². The molecule has 1 aliphatic carbocycles. The Labute approximate surface area is 170 Å². The van der Waals surface area contributed by atoms with Crippen LogP contribution in [-0.2, 0) is 9.59 Å². The molecule has 2 aliphatic rings. The predicted molar refractivity (Wildman–Crippen MR) is 107 cm³/mol. The second kappa shape index (κ2) is 7.78. The Balaban J connectivity index is 1.51. The third-order valence-electron chi connectivity index (χ3n) is 6.12. The third kappa shape index (κ3) is 3.67. The number of hydrogen-bond donors (Lipinski definition) is 1. The van der Waals surface area contributed by atoms with E-state index in [1.165, 1.54) is 0 Å². The van der Waals surface area contributed by atoms with Gasteiger partial charge in [-0.1, -0.05) is 30.3 Å². The number of aliphatic carboxylic acids is 1. The van der Waals surface area contributed by atoms with Crippen LogP contribution in [0.1, 0.15) is 29.4 Å². The van der Waals surface area contributed by atoms with E-state index in [1.54, 1.807) is 19.1 Å². The van der Waals surface area contributed by atoms with E-state index >= 15 is 0 Å². The number of carbonyl (C=O) groups excluding carboxylic acids is 1. The van der Waals surface area contributed by atoms with Gasteiger partial charge in [-0.15, -0.1) is 0 Å². The van der Waals surface area contributed by atoms with Crippen LogP contribution in [0, 0.1) is 11.8 Å². The van der Waals surface area contributed by atoms with E-state index in [0.29, 0.717) is 6.54 Å². The van der Waals surface area contributed by atoms with Gasteiger partial charge in [0.1, 0.15) is 11.5 Å². The molecule has 2 aromatic carbocycles. The zero-order valence-electron chi connectivity index (χ0n) is 16.6. The Morgan fingerprint density at radius 2 is 1.72 bits per heavy atom. The lowest BCUT2D eigenvalue weighted by Crippen LogP contribution is -2.31. The molecule has 2 aromatic rings. The van der Waals surface area contributed by atoms with Crippen molar-refractivity contribution < 1.29 is 24.2 Å². The number of ether oxygens (including phenoxy) is 2. The highest BCUT2D eigenvalue weighted by molar-refractivity contribution is 5.85. The van der Waals surface area contributed by atoms with Gasteiger partial charge in [0.2, 0.25) is 5.91 Å². The summed E-state index contributed by atoms with van der Waals surface area (Å²) in [5.41, 5.74) is 1.94. The van der Waals surface area contributed by atoms with Crippen molar-refractivity contribution in [3.05, 3.63) is 59.7 Å². The Hall–Kier alpha value is -3.02. The van der Waals surface area contributed by atoms with Gasteiger partial charge in [0.25, 0.3) is 0 Å². The van der Waals surface area contributed by atoms with Crippen LogP contribution in [0.25, 0.3) is 0 Å². The second-order valence-corrected chi connectivity index (χ2v) is 7.76. The lowest BCUT2D eigenvalue weighted by atomic mass is 9.89. The number of rotatable bonds is 6. The number of amides is 1. The summed E-state index contributed by atoms with van der Waals surface area (Å²) in [6.07, 6.45) is 0.743. The number of carboxylic acid groups (broad SMARTS) is 1. The van der Waals surface area contributed by atoms with Crippen LogP contribution < -0.4 is 9.47 Å². The molecule has 1 heterocycles. The Bertz CT molecular complexity index is 913. The van der Waals surface area contributed by atoms with Gasteiger partial charge in [0.05, 0.1) is 20.1 Å². The fourth-order valence-corrected chi connectivity index (χ4v) is 4.45. The van der Waals surface area contributed by atoms with Gasteiger partial charge in [-0.05, 0) is 30.2 Å². The molecular weight excluding hydrogens is 370 g/mol. The summed E-state index contributed by atoms with van der Waals surface area (Å²) in [6.45, 7) is 0.699. The van der Waals surface area contributed by atoms with Crippen molar-refractivity contribution in [1.29, 1.82) is 0 Å². The summed E-state index contributed by atoms with van der Waals surface area (Å²) in [6, 6.07) is 15.2. The van der Waals surface area contributed by atoms with Crippen LogP contribution in [0.2, 0.25) is 0 Å². The summed E-state index contributed by atoms with van der Waals surface area (Å²) >= 11 is 0. The van der Waals surface area contributed by atoms with E-state index < -0.39 is 11.9 Å². The zero-order valence-corrected chi connectivity index (χ0v) is 16.6. The molecule has 4 atom stereocenters. The molecule has 152 valence electrons. The number of methoxy groups -OCH3 is 2. The summed E-state index contributed by atoms with van der Waals surface area (Å²) in [7, 11) is 3.23. The maximum absolute atomic E-state index is 13.2. The fourth-order valence-electron chi connectivity index (χ4n) is 4.45. The van der Waals surface area contributed by atoms with Gasteiger partial charge in [0, 0.05) is 36.4 Å². The third-order valence-corrected chi connectivity index (χ3v) is 6.12. The zero-order chi connectivity index (χ0) is 20.5. The SMILES string of the molecule is COc1ccc(OC)c(C2CC2C(=O)N2C[C@H](C(=O)O)[C@H](c3ccccc3)C2)c1. The lowest BCUT2D eigenvalue weighted by molar-refractivity contribution is -0.142. The van der Waals surface area contributed by atoms with Crippen LogP contribution in [0.4, 0.5) is 0 Å². The minimum atomic E-state index is -0.851. The first-order chi connectivity index (χ1) is 14.0. The molecule has 1 saturated heterocycles. The van der Waals surface area contributed by atoms with Crippen molar-refractivity contribution in [3.63, 3.8) is 0 Å². The van der Waals surface area contributed by atoms with E-state index in [9.17, 15) is 14.7 Å². The van der Waals surface area contributed by atoms with Crippen molar-refractivity contribution in [2.45, 2.75) is 18.3 Å². The van der Waals surface area contributed by atoms with Crippen molar-refractivity contribution >= 4 is 11.9 Å². The number of carboxylic acids is 1. The Morgan fingerprint density at radius 1 is 0.966 bits per heavy atom. The van der Waals surface area contributed by atoms with Crippen molar-refractivity contribution in [1.82, 2.24) is 4.90 Å². The summed E-state index contributed by atoms with van der Waals surface area (Å²) in [5.74, 6) is -0.161. The quantitative estimate of drug-likeness (QED) is 0.813. The maximum Gasteiger partial charge on any atom is 0.308 e. The first kappa shape index (κ1) is 19.3. The monoisotopic (exact) mass is 395 g/mol. The molecule has 6 nitrogen and oxygen atoms in total. The predicted octanol–water partition coefficient (Wildman–Crippen LogP) is 3.13. The summed E-state index contributed by atoms with van der Waals surface area (Å²) < 4.78 is 10.8. The van der Waals surface area contributed by atoms with Gasteiger partial charge in [-0.25, -0.2) is 0 Å². The topological polar surface area (TPSA) is 76.1 Å². The molecule has 0 radical (unpaired) electrons. The average molecular weight is 395 g/mol. The van der Waals surface area contributed by atoms with Crippen LogP contribution >= 0.6 is 0 Å². The summed E-state index contributed by atoms with van der Waals surface area (Å²) in [4.78, 5) is 26.7. The van der Waals surface area contributed by atoms with E-state index in [2.05, 4.69) is 0 Å². The molecule has 4 rings (SSSR count). The van der Waals surface area contributed by atoms with Gasteiger partial charge in [-0.3, -0.25) is 9.59 Å². The Kier molecular flexibility index (Phi) is 5.18. The number of carbonyl (C=O) groups is 2. The van der Waals surface area contributed by atoms with Gasteiger partial charge >= 0.3 is 5.97 Å². The molecule has 1 aliphatic heterocycles. The second-order valence-electron chi connectivity index (χ2n) is 7.76. The molecule has 2 fully saturated rings. The fraction of sp³-hybridized carbons (Fsp3) is 0.391. The van der Waals surface area contributed by atoms with E-state index in [0.717, 1.165) is 29.0 Å². The molecule has 2 unspecified atom stereocenters. The Morgan fingerprint density at radius 3 is 2.38 bits per heavy atom. The molecule has 1 N–H and O–H groups in total. The molecule has 6 heteroatoms. The van der Waals surface area contributed by atoms with Crippen LogP contribution in [0.15, 0.2) is 48.5 Å². The maximum atomic E-state index is 13.2. The highest BCUT2D eigenvalue weighted by atomic mass is 16.5. The van der Waals surface area contributed by atoms with Crippen molar-refractivity contribution in [3.8, 4) is 11.5 Å². The standard InChI is InChI=1S/C23H25NO5/c1-28-15-8-9-21(29-2)17(10-15)16-11-18(16)22(25)24-12-19(20(13-24)23(26)27)14-6-4-3-5-7-14/h3-10,16,18-20H,11-13H2,1-2H3,(H,26,27)/t16?,18?,19-,20-/m0/s1. The van der Waals surface area contributed by atoms with Crippen LogP contribution in [0.5, 0.6) is 11.5 Å². The lowest BCUT2D eigenvalue weighted by Gasteiger charge is -2.17. The van der Waals surface area contributed by atoms with Gasteiger partial charge in [0.15, 0.2) is 0 Å². The first-order valence-corrected chi connectivity index (χ1v) is 9.82. The van der Waals surface area contributed by atoms with Crippen molar-refractivity contribution in [2.24, 2.45) is 11.8 Å². The highest BCUT2D eigenvalue weighted by Gasteiger charge is 2.50. The molecule has 29 heavy (non-hydrogen) atoms. The van der Waals surface area contributed by atoms with E-state index in [1.807, 2.05) is 48.5 Å². The highest BCUT2D eigenvalue weighted by Crippen LogP contribution is 2.52. The van der Waals surface area contributed by atoms with Crippen LogP contribution in [0.3, 0.4) is 0 Å². The molecular formula is C23H25NO5. The molecule has 0 aromatic heterocycles. The van der Waals surface area contributed by atoms with Crippen LogP contribution in [-0.4, -0.2) is 49.2 Å². The molecule has 1 amide bonds. The molecule has 0 bridgehead atoms. The minimum absolute atomic E-state index is 0.0320.